The van der Waals surface area contributed by atoms with E-state index in [-0.39, 0.29) is 5.91 Å². The summed E-state index contributed by atoms with van der Waals surface area (Å²) in [6, 6.07) is 8.41. The Morgan fingerprint density at radius 1 is 1.23 bits per heavy atom. The third kappa shape index (κ3) is 5.46. The summed E-state index contributed by atoms with van der Waals surface area (Å²) in [5, 5.41) is 11.9. The summed E-state index contributed by atoms with van der Waals surface area (Å²) >= 11 is 0. The number of carbonyl (C=O) groups excluding carboxylic acids is 1. The van der Waals surface area contributed by atoms with Gasteiger partial charge in [-0.1, -0.05) is 30.3 Å². The number of morpholine rings is 1. The monoisotopic (exact) mass is 306 g/mol. The first kappa shape index (κ1) is 16.5. The summed E-state index contributed by atoms with van der Waals surface area (Å²) in [6.45, 7) is 3.65. The zero-order valence-corrected chi connectivity index (χ0v) is 12.5. The van der Waals surface area contributed by atoms with Crippen LogP contribution in [0.3, 0.4) is 0 Å². The second kappa shape index (κ2) is 8.51. The largest absolute Gasteiger partial charge is 0.480 e. The van der Waals surface area contributed by atoms with Crippen molar-refractivity contribution in [1.29, 1.82) is 0 Å². The van der Waals surface area contributed by atoms with Gasteiger partial charge in [-0.05, 0) is 5.56 Å². The maximum Gasteiger partial charge on any atom is 0.326 e. The molecule has 0 aliphatic carbocycles. The minimum atomic E-state index is -1.01. The van der Waals surface area contributed by atoms with Crippen molar-refractivity contribution < 1.29 is 19.4 Å². The molecular weight excluding hydrogens is 284 g/mol. The molecule has 1 atom stereocenters. The number of hydrogen-bond acceptors (Lipinski definition) is 4. The number of nitrogens with one attached hydrogen (secondary N) is 1. The lowest BCUT2D eigenvalue weighted by Gasteiger charge is -2.26. The molecule has 1 amide bonds. The molecule has 1 fully saturated rings. The fourth-order valence-electron chi connectivity index (χ4n) is 2.40. The van der Waals surface area contributed by atoms with E-state index in [1.807, 2.05) is 30.3 Å². The van der Waals surface area contributed by atoms with Gasteiger partial charge in [0.15, 0.2) is 0 Å². The Morgan fingerprint density at radius 3 is 2.55 bits per heavy atom. The molecule has 120 valence electrons. The third-order valence-electron chi connectivity index (χ3n) is 3.67. The molecule has 1 unspecified atom stereocenters. The fourth-order valence-corrected chi connectivity index (χ4v) is 2.40. The summed E-state index contributed by atoms with van der Waals surface area (Å²) in [6.07, 6.45) is 0.595. The van der Waals surface area contributed by atoms with E-state index in [9.17, 15) is 14.7 Å². The highest BCUT2D eigenvalue weighted by Gasteiger charge is 2.21. The SMILES string of the molecule is O=C(CCN1CCOCC1)NC(Cc1ccccc1)C(=O)O. The van der Waals surface area contributed by atoms with Crippen LogP contribution in [0.4, 0.5) is 0 Å². The van der Waals surface area contributed by atoms with E-state index in [1.54, 1.807) is 0 Å². The van der Waals surface area contributed by atoms with Gasteiger partial charge in [-0.2, -0.15) is 0 Å². The number of amides is 1. The first-order chi connectivity index (χ1) is 10.6. The molecule has 6 heteroatoms. The predicted molar refractivity (Wildman–Crippen MR) is 81.6 cm³/mol. The highest BCUT2D eigenvalue weighted by Crippen LogP contribution is 2.04. The molecule has 2 N–H and O–H groups in total. The van der Waals surface area contributed by atoms with Gasteiger partial charge in [0.1, 0.15) is 6.04 Å². The summed E-state index contributed by atoms with van der Waals surface area (Å²) in [5.41, 5.74) is 0.892. The Morgan fingerprint density at radius 2 is 1.91 bits per heavy atom. The lowest BCUT2D eigenvalue weighted by atomic mass is 10.1. The minimum absolute atomic E-state index is 0.227. The summed E-state index contributed by atoms with van der Waals surface area (Å²) < 4.78 is 5.25. The van der Waals surface area contributed by atoms with Crippen molar-refractivity contribution in [2.24, 2.45) is 0 Å². The summed E-state index contributed by atoms with van der Waals surface area (Å²) in [5.74, 6) is -1.24. The van der Waals surface area contributed by atoms with Crippen molar-refractivity contribution >= 4 is 11.9 Å². The van der Waals surface area contributed by atoms with Crippen molar-refractivity contribution in [3.05, 3.63) is 35.9 Å². The number of benzene rings is 1. The van der Waals surface area contributed by atoms with Gasteiger partial charge in [0.05, 0.1) is 13.2 Å². The predicted octanol–water partition coefficient (Wildman–Crippen LogP) is 0.521. The topological polar surface area (TPSA) is 78.9 Å². The fraction of sp³-hybridized carbons (Fsp3) is 0.500. The summed E-state index contributed by atoms with van der Waals surface area (Å²) in [7, 11) is 0. The lowest BCUT2D eigenvalue weighted by Crippen LogP contribution is -2.44. The first-order valence-electron chi connectivity index (χ1n) is 7.51. The zero-order valence-electron chi connectivity index (χ0n) is 12.5. The van der Waals surface area contributed by atoms with Gasteiger partial charge >= 0.3 is 5.97 Å². The molecule has 1 aliphatic rings. The number of hydrogen-bond donors (Lipinski definition) is 2. The van der Waals surface area contributed by atoms with Gasteiger partial charge in [0.25, 0.3) is 0 Å². The number of carbonyl (C=O) groups is 2. The van der Waals surface area contributed by atoms with Crippen molar-refractivity contribution in [2.45, 2.75) is 18.9 Å². The first-order valence-corrected chi connectivity index (χ1v) is 7.51. The highest BCUT2D eigenvalue weighted by atomic mass is 16.5. The molecule has 0 aromatic heterocycles. The number of aliphatic carboxylic acids is 1. The molecule has 1 saturated heterocycles. The van der Waals surface area contributed by atoms with Crippen LogP contribution in [0, 0.1) is 0 Å². The highest BCUT2D eigenvalue weighted by molar-refractivity contribution is 5.83. The molecule has 0 radical (unpaired) electrons. The lowest BCUT2D eigenvalue weighted by molar-refractivity contribution is -0.141. The van der Waals surface area contributed by atoms with E-state index < -0.39 is 12.0 Å². The average Bonchev–Trinajstić information content (AvgIpc) is 2.54. The Labute approximate surface area is 130 Å². The summed E-state index contributed by atoms with van der Waals surface area (Å²) in [4.78, 5) is 25.4. The quantitative estimate of drug-likeness (QED) is 0.768. The van der Waals surface area contributed by atoms with Crippen LogP contribution in [0.15, 0.2) is 30.3 Å². The van der Waals surface area contributed by atoms with Gasteiger partial charge in [0.2, 0.25) is 5.91 Å². The normalized spacial score (nSPS) is 16.9. The van der Waals surface area contributed by atoms with E-state index in [4.69, 9.17) is 4.74 Å². The molecule has 1 aromatic carbocycles. The van der Waals surface area contributed by atoms with E-state index in [1.165, 1.54) is 0 Å². The zero-order chi connectivity index (χ0) is 15.8. The molecule has 0 bridgehead atoms. The second-order valence-corrected chi connectivity index (χ2v) is 5.35. The molecule has 0 spiro atoms. The van der Waals surface area contributed by atoms with Crippen LogP contribution in [0.2, 0.25) is 0 Å². The maximum absolute atomic E-state index is 12.0. The van der Waals surface area contributed by atoms with Crippen molar-refractivity contribution in [1.82, 2.24) is 10.2 Å². The molecule has 1 aliphatic heterocycles. The Kier molecular flexibility index (Phi) is 6.36. The van der Waals surface area contributed by atoms with Gasteiger partial charge in [-0.25, -0.2) is 4.79 Å². The van der Waals surface area contributed by atoms with Crippen LogP contribution < -0.4 is 5.32 Å². The molecule has 0 saturated carbocycles. The number of ether oxygens (including phenoxy) is 1. The number of carboxylic acids is 1. The van der Waals surface area contributed by atoms with Gasteiger partial charge in [-0.15, -0.1) is 0 Å². The van der Waals surface area contributed by atoms with Gasteiger partial charge in [0, 0.05) is 32.5 Å². The average molecular weight is 306 g/mol. The van der Waals surface area contributed by atoms with Crippen LogP contribution >= 0.6 is 0 Å². The third-order valence-corrected chi connectivity index (χ3v) is 3.67. The smallest absolute Gasteiger partial charge is 0.326 e. The van der Waals surface area contributed by atoms with Crippen molar-refractivity contribution in [3.63, 3.8) is 0 Å². The van der Waals surface area contributed by atoms with Crippen LogP contribution in [0.25, 0.3) is 0 Å². The Hall–Kier alpha value is -1.92. The van der Waals surface area contributed by atoms with Crippen molar-refractivity contribution in [2.75, 3.05) is 32.8 Å². The second-order valence-electron chi connectivity index (χ2n) is 5.35. The van der Waals surface area contributed by atoms with E-state index in [0.717, 1.165) is 18.7 Å². The molecule has 2 rings (SSSR count). The van der Waals surface area contributed by atoms with Crippen LogP contribution in [0.5, 0.6) is 0 Å². The number of nitrogens with zero attached hydrogens (tertiary/aromatic N) is 1. The van der Waals surface area contributed by atoms with E-state index in [0.29, 0.717) is 32.6 Å². The van der Waals surface area contributed by atoms with Crippen LogP contribution in [-0.4, -0.2) is 60.8 Å². The number of carboxylic acid groups (broad SMARTS) is 1. The molecule has 6 nitrogen and oxygen atoms in total. The van der Waals surface area contributed by atoms with Gasteiger partial charge in [-0.3, -0.25) is 9.69 Å². The minimum Gasteiger partial charge on any atom is -0.480 e. The van der Waals surface area contributed by atoms with Crippen LogP contribution in [-0.2, 0) is 20.7 Å². The molecular formula is C16H22N2O4. The van der Waals surface area contributed by atoms with E-state index >= 15 is 0 Å². The van der Waals surface area contributed by atoms with Gasteiger partial charge < -0.3 is 15.2 Å². The standard InChI is InChI=1S/C16H22N2O4/c19-15(6-7-18-8-10-22-11-9-18)17-14(16(20)21)12-13-4-2-1-3-5-13/h1-5,14H,6-12H2,(H,17,19)(H,20,21). The molecule has 1 aromatic rings. The van der Waals surface area contributed by atoms with Crippen molar-refractivity contribution in [3.8, 4) is 0 Å². The Bertz CT molecular complexity index is 486. The molecule has 22 heavy (non-hydrogen) atoms. The maximum atomic E-state index is 12.0. The van der Waals surface area contributed by atoms with Crippen LogP contribution in [0.1, 0.15) is 12.0 Å². The molecule has 1 heterocycles. The number of rotatable bonds is 7. The van der Waals surface area contributed by atoms with E-state index in [2.05, 4.69) is 10.2 Å². The Balaban J connectivity index is 1.79.